The highest BCUT2D eigenvalue weighted by molar-refractivity contribution is 5.78. The molecule has 0 saturated heterocycles. The van der Waals surface area contributed by atoms with Gasteiger partial charge in [0.25, 0.3) is 0 Å². The first-order chi connectivity index (χ1) is 8.52. The Bertz CT molecular complexity index is 231. The van der Waals surface area contributed by atoms with Crippen LogP contribution < -0.4 is 5.32 Å². The Balaban J connectivity index is 2.38. The first kappa shape index (κ1) is 15.5. The van der Waals surface area contributed by atoms with Gasteiger partial charge in [0.2, 0.25) is 5.91 Å². The summed E-state index contributed by atoms with van der Waals surface area (Å²) >= 11 is 0. The van der Waals surface area contributed by atoms with Crippen LogP contribution in [0.2, 0.25) is 0 Å². The van der Waals surface area contributed by atoms with Crippen molar-refractivity contribution in [1.29, 1.82) is 0 Å². The Morgan fingerprint density at radius 2 is 1.50 bits per heavy atom. The quantitative estimate of drug-likeness (QED) is 0.737. The molecule has 1 saturated carbocycles. The molecule has 1 aliphatic rings. The summed E-state index contributed by atoms with van der Waals surface area (Å²) in [5, 5.41) is 3.20. The highest BCUT2D eigenvalue weighted by Crippen LogP contribution is 2.24. The fourth-order valence-corrected chi connectivity index (χ4v) is 3.15. The molecule has 1 amide bonds. The average molecular weight is 253 g/mol. The van der Waals surface area contributed by atoms with Crippen LogP contribution in [0.1, 0.15) is 66.2 Å². The van der Waals surface area contributed by atoms with Gasteiger partial charge in [-0.2, -0.15) is 0 Å². The van der Waals surface area contributed by atoms with Gasteiger partial charge in [0.05, 0.1) is 0 Å². The Hall–Kier alpha value is -0.530. The zero-order chi connectivity index (χ0) is 13.5. The standard InChI is InChI=1S/C16H31NO/c1-12(2)15(13(3)4)11-17-16(18)14-9-7-5-6-8-10-14/h12-15H,5-11H2,1-4H3,(H,17,18). The molecule has 1 aliphatic carbocycles. The Labute approximate surface area is 113 Å². The van der Waals surface area contributed by atoms with E-state index in [1.54, 1.807) is 0 Å². The van der Waals surface area contributed by atoms with E-state index in [2.05, 4.69) is 33.0 Å². The van der Waals surface area contributed by atoms with Crippen molar-refractivity contribution in [2.45, 2.75) is 66.2 Å². The van der Waals surface area contributed by atoms with Gasteiger partial charge < -0.3 is 5.32 Å². The van der Waals surface area contributed by atoms with Crippen LogP contribution in [-0.2, 0) is 4.79 Å². The van der Waals surface area contributed by atoms with Gasteiger partial charge in [-0.3, -0.25) is 4.79 Å². The Kier molecular flexibility index (Phi) is 6.73. The largest absolute Gasteiger partial charge is 0.356 e. The molecule has 0 aromatic carbocycles. The summed E-state index contributed by atoms with van der Waals surface area (Å²) in [6.07, 6.45) is 7.28. The molecule has 0 aliphatic heterocycles. The maximum atomic E-state index is 12.2. The average Bonchev–Trinajstić information content (AvgIpc) is 2.56. The van der Waals surface area contributed by atoms with Crippen molar-refractivity contribution in [2.75, 3.05) is 6.54 Å². The zero-order valence-electron chi connectivity index (χ0n) is 12.7. The molecule has 0 radical (unpaired) electrons. The van der Waals surface area contributed by atoms with E-state index >= 15 is 0 Å². The monoisotopic (exact) mass is 253 g/mol. The molecule has 18 heavy (non-hydrogen) atoms. The maximum absolute atomic E-state index is 12.2. The smallest absolute Gasteiger partial charge is 0.223 e. The molecular formula is C16H31NO. The Morgan fingerprint density at radius 3 is 1.94 bits per heavy atom. The molecule has 0 bridgehead atoms. The predicted molar refractivity (Wildman–Crippen MR) is 77.4 cm³/mol. The summed E-state index contributed by atoms with van der Waals surface area (Å²) in [4.78, 5) is 12.2. The number of amides is 1. The second-order valence-corrected chi connectivity index (χ2v) is 6.59. The number of hydrogen-bond acceptors (Lipinski definition) is 1. The van der Waals surface area contributed by atoms with E-state index in [0.29, 0.717) is 23.7 Å². The van der Waals surface area contributed by atoms with Gasteiger partial charge in [-0.1, -0.05) is 53.4 Å². The molecule has 2 heteroatoms. The summed E-state index contributed by atoms with van der Waals surface area (Å²) in [6, 6.07) is 0. The van der Waals surface area contributed by atoms with Crippen LogP contribution in [-0.4, -0.2) is 12.5 Å². The minimum atomic E-state index is 0.285. The molecule has 0 aromatic heterocycles. The Morgan fingerprint density at radius 1 is 1.00 bits per heavy atom. The van der Waals surface area contributed by atoms with Gasteiger partial charge in [-0.15, -0.1) is 0 Å². The first-order valence-corrected chi connectivity index (χ1v) is 7.80. The van der Waals surface area contributed by atoms with Crippen molar-refractivity contribution in [1.82, 2.24) is 5.32 Å². The van der Waals surface area contributed by atoms with Crippen molar-refractivity contribution < 1.29 is 4.79 Å². The van der Waals surface area contributed by atoms with Crippen molar-refractivity contribution >= 4 is 5.91 Å². The fraction of sp³-hybridized carbons (Fsp3) is 0.938. The second-order valence-electron chi connectivity index (χ2n) is 6.59. The van der Waals surface area contributed by atoms with E-state index in [-0.39, 0.29) is 5.92 Å². The van der Waals surface area contributed by atoms with Crippen molar-refractivity contribution in [3.8, 4) is 0 Å². The van der Waals surface area contributed by atoms with Crippen LogP contribution in [0.5, 0.6) is 0 Å². The van der Waals surface area contributed by atoms with Gasteiger partial charge in [-0.05, 0) is 30.6 Å². The third-order valence-electron chi connectivity index (χ3n) is 4.45. The number of carbonyl (C=O) groups excluding carboxylic acids is 1. The number of carbonyl (C=O) groups is 1. The van der Waals surface area contributed by atoms with Gasteiger partial charge in [-0.25, -0.2) is 0 Å². The van der Waals surface area contributed by atoms with Gasteiger partial charge in [0.1, 0.15) is 0 Å². The maximum Gasteiger partial charge on any atom is 0.223 e. The van der Waals surface area contributed by atoms with Crippen molar-refractivity contribution in [2.24, 2.45) is 23.7 Å². The van der Waals surface area contributed by atoms with E-state index in [4.69, 9.17) is 0 Å². The summed E-state index contributed by atoms with van der Waals surface area (Å²) in [7, 11) is 0. The molecule has 1 rings (SSSR count). The van der Waals surface area contributed by atoms with Crippen molar-refractivity contribution in [3.63, 3.8) is 0 Å². The first-order valence-electron chi connectivity index (χ1n) is 7.80. The van der Waals surface area contributed by atoms with Gasteiger partial charge in [0, 0.05) is 12.5 Å². The predicted octanol–water partition coefficient (Wildman–Crippen LogP) is 4.00. The van der Waals surface area contributed by atoms with E-state index in [9.17, 15) is 4.79 Å². The number of rotatable bonds is 5. The molecule has 1 fully saturated rings. The van der Waals surface area contributed by atoms with Gasteiger partial charge in [0.15, 0.2) is 0 Å². The second kappa shape index (κ2) is 7.81. The summed E-state index contributed by atoms with van der Waals surface area (Å²) in [6.45, 7) is 9.86. The van der Waals surface area contributed by atoms with Crippen LogP contribution in [0.15, 0.2) is 0 Å². The molecule has 0 aromatic rings. The van der Waals surface area contributed by atoms with E-state index in [1.807, 2.05) is 0 Å². The van der Waals surface area contributed by atoms with Crippen LogP contribution in [0.3, 0.4) is 0 Å². The van der Waals surface area contributed by atoms with Crippen LogP contribution in [0.25, 0.3) is 0 Å². The highest BCUT2D eigenvalue weighted by Gasteiger charge is 2.22. The molecule has 1 N–H and O–H groups in total. The van der Waals surface area contributed by atoms with E-state index in [1.165, 1.54) is 25.7 Å². The van der Waals surface area contributed by atoms with E-state index in [0.717, 1.165) is 19.4 Å². The molecule has 0 unspecified atom stereocenters. The third kappa shape index (κ3) is 4.99. The SMILES string of the molecule is CC(C)C(CNC(=O)C1CCCCCC1)C(C)C. The molecule has 2 nitrogen and oxygen atoms in total. The lowest BCUT2D eigenvalue weighted by atomic mass is 9.85. The molecule has 0 heterocycles. The molecule has 0 atom stereocenters. The number of nitrogens with one attached hydrogen (secondary N) is 1. The van der Waals surface area contributed by atoms with E-state index < -0.39 is 0 Å². The normalized spacial score (nSPS) is 18.4. The lowest BCUT2D eigenvalue weighted by molar-refractivity contribution is -0.125. The van der Waals surface area contributed by atoms with Crippen LogP contribution in [0.4, 0.5) is 0 Å². The zero-order valence-corrected chi connectivity index (χ0v) is 12.7. The topological polar surface area (TPSA) is 29.1 Å². The molecule has 0 spiro atoms. The lowest BCUT2D eigenvalue weighted by Gasteiger charge is -2.26. The summed E-state index contributed by atoms with van der Waals surface area (Å²) in [5.41, 5.74) is 0. The summed E-state index contributed by atoms with van der Waals surface area (Å²) in [5.74, 6) is 2.47. The summed E-state index contributed by atoms with van der Waals surface area (Å²) < 4.78 is 0. The minimum Gasteiger partial charge on any atom is -0.356 e. The fourth-order valence-electron chi connectivity index (χ4n) is 3.15. The van der Waals surface area contributed by atoms with Crippen LogP contribution >= 0.6 is 0 Å². The third-order valence-corrected chi connectivity index (χ3v) is 4.45. The van der Waals surface area contributed by atoms with Crippen molar-refractivity contribution in [3.05, 3.63) is 0 Å². The minimum absolute atomic E-state index is 0.285. The van der Waals surface area contributed by atoms with Crippen LogP contribution in [0, 0.1) is 23.7 Å². The van der Waals surface area contributed by atoms with Gasteiger partial charge >= 0.3 is 0 Å². The molecule has 106 valence electrons. The number of hydrogen-bond donors (Lipinski definition) is 1. The molecular weight excluding hydrogens is 222 g/mol. The lowest BCUT2D eigenvalue weighted by Crippen LogP contribution is -2.37. The highest BCUT2D eigenvalue weighted by atomic mass is 16.1.